The molecule has 1 fully saturated rings. The summed E-state index contributed by atoms with van der Waals surface area (Å²) in [5, 5.41) is 2.92. The minimum Gasteiger partial charge on any atom is -0.497 e. The number of nitrogens with one attached hydrogen (secondary N) is 1. The number of hydrogen-bond donors (Lipinski definition) is 1. The molecular formula is C22H29N3O4S. The van der Waals surface area contributed by atoms with Gasteiger partial charge in [-0.15, -0.1) is 0 Å². The summed E-state index contributed by atoms with van der Waals surface area (Å²) in [6.45, 7) is 3.43. The van der Waals surface area contributed by atoms with Gasteiger partial charge in [-0.3, -0.25) is 9.10 Å². The van der Waals surface area contributed by atoms with Crippen molar-refractivity contribution in [2.24, 2.45) is 0 Å². The van der Waals surface area contributed by atoms with Crippen molar-refractivity contribution in [2.45, 2.75) is 19.8 Å². The van der Waals surface area contributed by atoms with E-state index in [2.05, 4.69) is 5.32 Å². The normalized spacial score (nSPS) is 15.5. The molecule has 1 saturated heterocycles. The van der Waals surface area contributed by atoms with Crippen LogP contribution < -0.4 is 19.3 Å². The molecule has 0 radical (unpaired) electrons. The summed E-state index contributed by atoms with van der Waals surface area (Å²) in [5.41, 5.74) is 2.93. The Hall–Kier alpha value is -2.74. The van der Waals surface area contributed by atoms with Crippen molar-refractivity contribution < 1.29 is 17.9 Å². The number of benzene rings is 2. The van der Waals surface area contributed by atoms with Crippen LogP contribution in [-0.2, 0) is 10.0 Å². The molecule has 1 heterocycles. The minimum absolute atomic E-state index is 0.153. The average Bonchev–Trinajstić information content (AvgIpc) is 2.74. The summed E-state index contributed by atoms with van der Waals surface area (Å²) in [4.78, 5) is 14.7. The first kappa shape index (κ1) is 22.0. The van der Waals surface area contributed by atoms with Crippen LogP contribution in [0.1, 0.15) is 28.8 Å². The standard InChI is InChI=1S/C22H29N3O4S/c1-17-6-7-18(16-21(17)25-13-4-5-15-30(25,27)28)22(26)23-12-14-24(2)19-8-10-20(29-3)11-9-19/h6-11,16H,4-5,12-15H2,1-3H3,(H,23,26). The minimum atomic E-state index is -3.32. The zero-order valence-corrected chi connectivity index (χ0v) is 18.5. The lowest BCUT2D eigenvalue weighted by molar-refractivity contribution is 0.0954. The molecular weight excluding hydrogens is 402 g/mol. The highest BCUT2D eigenvalue weighted by Gasteiger charge is 2.27. The lowest BCUT2D eigenvalue weighted by atomic mass is 10.1. The van der Waals surface area contributed by atoms with Gasteiger partial charge in [-0.25, -0.2) is 8.42 Å². The van der Waals surface area contributed by atoms with E-state index in [-0.39, 0.29) is 11.7 Å². The quantitative estimate of drug-likeness (QED) is 0.729. The van der Waals surface area contributed by atoms with E-state index in [9.17, 15) is 13.2 Å². The van der Waals surface area contributed by atoms with Crippen LogP contribution in [0.15, 0.2) is 42.5 Å². The van der Waals surface area contributed by atoms with Crippen LogP contribution >= 0.6 is 0 Å². The van der Waals surface area contributed by atoms with Gasteiger partial charge in [0.15, 0.2) is 0 Å². The van der Waals surface area contributed by atoms with Gasteiger partial charge in [0.1, 0.15) is 5.75 Å². The maximum absolute atomic E-state index is 12.6. The van der Waals surface area contributed by atoms with Gasteiger partial charge in [-0.05, 0) is 61.7 Å². The Morgan fingerprint density at radius 3 is 2.57 bits per heavy atom. The zero-order valence-electron chi connectivity index (χ0n) is 17.7. The molecule has 0 atom stereocenters. The fourth-order valence-corrected chi connectivity index (χ4v) is 5.18. The summed E-state index contributed by atoms with van der Waals surface area (Å²) >= 11 is 0. The second-order valence-corrected chi connectivity index (χ2v) is 9.48. The van der Waals surface area contributed by atoms with E-state index in [4.69, 9.17) is 4.74 Å². The lowest BCUT2D eigenvalue weighted by Crippen LogP contribution is -2.38. The van der Waals surface area contributed by atoms with Gasteiger partial charge >= 0.3 is 0 Å². The van der Waals surface area contributed by atoms with Crippen LogP contribution in [0.3, 0.4) is 0 Å². The van der Waals surface area contributed by atoms with Gasteiger partial charge < -0.3 is 15.0 Å². The van der Waals surface area contributed by atoms with Crippen LogP contribution in [0.5, 0.6) is 5.75 Å². The third kappa shape index (κ3) is 5.05. The smallest absolute Gasteiger partial charge is 0.251 e. The number of rotatable bonds is 7. The van der Waals surface area contributed by atoms with Crippen molar-refractivity contribution in [3.05, 3.63) is 53.6 Å². The molecule has 8 heteroatoms. The number of hydrogen-bond acceptors (Lipinski definition) is 5. The van der Waals surface area contributed by atoms with E-state index in [1.807, 2.05) is 43.1 Å². The summed E-state index contributed by atoms with van der Waals surface area (Å²) < 4.78 is 31.5. The molecule has 0 aromatic heterocycles. The highest BCUT2D eigenvalue weighted by molar-refractivity contribution is 7.92. The first-order chi connectivity index (χ1) is 14.3. The fourth-order valence-electron chi connectivity index (χ4n) is 3.48. The van der Waals surface area contributed by atoms with Crippen LogP contribution in [0, 0.1) is 6.92 Å². The van der Waals surface area contributed by atoms with Gasteiger partial charge in [0.2, 0.25) is 10.0 Å². The Kier molecular flexibility index (Phi) is 6.87. The molecule has 0 saturated carbocycles. The SMILES string of the molecule is COc1ccc(N(C)CCNC(=O)c2ccc(C)c(N3CCCCS3(=O)=O)c2)cc1. The molecule has 7 nitrogen and oxygen atoms in total. The van der Waals surface area contributed by atoms with E-state index >= 15 is 0 Å². The Labute approximate surface area is 178 Å². The zero-order chi connectivity index (χ0) is 21.7. The number of methoxy groups -OCH3 is 1. The molecule has 1 amide bonds. The number of carbonyl (C=O) groups excluding carboxylic acids is 1. The lowest BCUT2D eigenvalue weighted by Gasteiger charge is -2.29. The second-order valence-electron chi connectivity index (χ2n) is 7.47. The number of anilines is 2. The number of likely N-dealkylation sites (N-methyl/N-ethyl adjacent to an activating group) is 1. The summed E-state index contributed by atoms with van der Waals surface area (Å²) in [6, 6.07) is 12.9. The number of carbonyl (C=O) groups is 1. The van der Waals surface area contributed by atoms with Crippen molar-refractivity contribution in [1.29, 1.82) is 0 Å². The Bertz CT molecular complexity index is 990. The number of aryl methyl sites for hydroxylation is 1. The first-order valence-corrected chi connectivity index (χ1v) is 11.7. The van der Waals surface area contributed by atoms with E-state index in [1.54, 1.807) is 25.3 Å². The number of sulfonamides is 1. The molecule has 1 aliphatic rings. The summed E-state index contributed by atoms with van der Waals surface area (Å²) in [6.07, 6.45) is 1.51. The molecule has 162 valence electrons. The average molecular weight is 432 g/mol. The van der Waals surface area contributed by atoms with Crippen LogP contribution in [0.25, 0.3) is 0 Å². The predicted molar refractivity (Wildman–Crippen MR) is 120 cm³/mol. The highest BCUT2D eigenvalue weighted by Crippen LogP contribution is 2.28. The molecule has 0 bridgehead atoms. The molecule has 2 aromatic rings. The van der Waals surface area contributed by atoms with Crippen molar-refractivity contribution in [2.75, 3.05) is 48.7 Å². The highest BCUT2D eigenvalue weighted by atomic mass is 32.2. The van der Waals surface area contributed by atoms with Crippen molar-refractivity contribution in [3.8, 4) is 5.75 Å². The molecule has 1 N–H and O–H groups in total. The van der Waals surface area contributed by atoms with E-state index in [1.165, 1.54) is 4.31 Å². The third-order valence-electron chi connectivity index (χ3n) is 5.34. The monoisotopic (exact) mass is 431 g/mol. The van der Waals surface area contributed by atoms with Gasteiger partial charge in [0.25, 0.3) is 5.91 Å². The molecule has 1 aliphatic heterocycles. The fraction of sp³-hybridized carbons (Fsp3) is 0.409. The maximum atomic E-state index is 12.6. The Morgan fingerprint density at radius 2 is 1.90 bits per heavy atom. The van der Waals surface area contributed by atoms with E-state index in [0.717, 1.165) is 23.4 Å². The number of ether oxygens (including phenoxy) is 1. The van der Waals surface area contributed by atoms with Gasteiger partial charge in [0.05, 0.1) is 18.6 Å². The molecule has 2 aromatic carbocycles. The van der Waals surface area contributed by atoms with Gasteiger partial charge in [0, 0.05) is 37.9 Å². The Morgan fingerprint density at radius 1 is 1.17 bits per heavy atom. The maximum Gasteiger partial charge on any atom is 0.251 e. The van der Waals surface area contributed by atoms with Crippen molar-refractivity contribution in [1.82, 2.24) is 5.32 Å². The van der Waals surface area contributed by atoms with E-state index in [0.29, 0.717) is 37.3 Å². The summed E-state index contributed by atoms with van der Waals surface area (Å²) in [7, 11) is 0.268. The molecule has 3 rings (SSSR count). The molecule has 0 unspecified atom stereocenters. The largest absolute Gasteiger partial charge is 0.497 e. The number of nitrogens with zero attached hydrogens (tertiary/aromatic N) is 2. The van der Waals surface area contributed by atoms with Crippen molar-refractivity contribution >= 4 is 27.3 Å². The van der Waals surface area contributed by atoms with E-state index < -0.39 is 10.0 Å². The van der Waals surface area contributed by atoms with Crippen LogP contribution in [0.4, 0.5) is 11.4 Å². The van der Waals surface area contributed by atoms with Crippen LogP contribution in [0.2, 0.25) is 0 Å². The summed E-state index contributed by atoms with van der Waals surface area (Å²) in [5.74, 6) is 0.737. The first-order valence-electron chi connectivity index (χ1n) is 10.1. The third-order valence-corrected chi connectivity index (χ3v) is 7.19. The Balaban J connectivity index is 1.62. The van der Waals surface area contributed by atoms with Crippen molar-refractivity contribution in [3.63, 3.8) is 0 Å². The molecule has 30 heavy (non-hydrogen) atoms. The predicted octanol–water partition coefficient (Wildman–Crippen LogP) is 2.80. The van der Waals surface area contributed by atoms with Crippen LogP contribution in [-0.4, -0.2) is 53.9 Å². The molecule has 0 spiro atoms. The van der Waals surface area contributed by atoms with Gasteiger partial charge in [-0.2, -0.15) is 0 Å². The molecule has 0 aliphatic carbocycles. The van der Waals surface area contributed by atoms with Gasteiger partial charge in [-0.1, -0.05) is 6.07 Å². The number of amides is 1. The topological polar surface area (TPSA) is 79.0 Å². The second kappa shape index (κ2) is 9.38.